The third-order valence-corrected chi connectivity index (χ3v) is 4.11. The predicted octanol–water partition coefficient (Wildman–Crippen LogP) is 4.02. The Kier molecular flexibility index (Phi) is 3.47. The highest BCUT2D eigenvalue weighted by Crippen LogP contribution is 2.34. The first kappa shape index (κ1) is 12.5. The molecule has 0 radical (unpaired) electrons. The second-order valence-corrected chi connectivity index (χ2v) is 5.67. The number of fused-ring (bicyclic) bond motifs is 1. The van der Waals surface area contributed by atoms with Gasteiger partial charge in [-0.3, -0.25) is 0 Å². The maximum atomic E-state index is 5.50. The molecular weight excluding hydrogens is 302 g/mol. The largest absolute Gasteiger partial charge is 0.495 e. The third-order valence-electron chi connectivity index (χ3n) is 3.61. The summed E-state index contributed by atoms with van der Waals surface area (Å²) < 4.78 is 6.54. The Balaban J connectivity index is 1.93. The van der Waals surface area contributed by atoms with Crippen LogP contribution in [-0.2, 0) is 13.0 Å². The van der Waals surface area contributed by atoms with E-state index in [0.717, 1.165) is 29.7 Å². The summed E-state index contributed by atoms with van der Waals surface area (Å²) in [6.07, 6.45) is 1.09. The molecule has 3 heteroatoms. The summed E-state index contributed by atoms with van der Waals surface area (Å²) in [5, 5.41) is 0. The molecule has 0 spiro atoms. The number of benzene rings is 2. The van der Waals surface area contributed by atoms with E-state index in [1.807, 2.05) is 6.07 Å². The lowest BCUT2D eigenvalue weighted by molar-refractivity contribution is 0.413. The summed E-state index contributed by atoms with van der Waals surface area (Å²) in [7, 11) is 1.73. The van der Waals surface area contributed by atoms with Crippen LogP contribution in [0.15, 0.2) is 46.9 Å². The van der Waals surface area contributed by atoms with Crippen LogP contribution in [0.1, 0.15) is 11.1 Å². The molecule has 0 saturated carbocycles. The van der Waals surface area contributed by atoms with Gasteiger partial charge in [0.25, 0.3) is 0 Å². The lowest BCUT2D eigenvalue weighted by Gasteiger charge is -2.31. The van der Waals surface area contributed by atoms with Crippen LogP contribution >= 0.6 is 15.9 Å². The molecule has 2 nitrogen and oxygen atoms in total. The minimum absolute atomic E-state index is 0.925. The van der Waals surface area contributed by atoms with Gasteiger partial charge in [0.15, 0.2) is 0 Å². The molecule has 0 atom stereocenters. The molecule has 1 heterocycles. The van der Waals surface area contributed by atoms with Gasteiger partial charge in [-0.15, -0.1) is 0 Å². The summed E-state index contributed by atoms with van der Waals surface area (Å²) in [5.41, 5.74) is 4.05. The predicted molar refractivity (Wildman–Crippen MR) is 81.9 cm³/mol. The Morgan fingerprint density at radius 3 is 2.68 bits per heavy atom. The molecule has 1 aliphatic heterocycles. The van der Waals surface area contributed by atoms with Gasteiger partial charge >= 0.3 is 0 Å². The number of methoxy groups -OCH3 is 1. The molecule has 0 aliphatic carbocycles. The molecule has 0 N–H and O–H groups in total. The topological polar surface area (TPSA) is 12.5 Å². The molecule has 1 aliphatic rings. The van der Waals surface area contributed by atoms with Crippen LogP contribution in [-0.4, -0.2) is 13.7 Å². The van der Waals surface area contributed by atoms with E-state index >= 15 is 0 Å². The van der Waals surface area contributed by atoms with Crippen molar-refractivity contribution in [2.45, 2.75) is 13.0 Å². The van der Waals surface area contributed by atoms with Crippen LogP contribution < -0.4 is 9.64 Å². The SMILES string of the molecule is COc1cc(Br)ccc1N1CCc2ccccc2C1. The average Bonchev–Trinajstić information content (AvgIpc) is 2.46. The smallest absolute Gasteiger partial charge is 0.143 e. The van der Waals surface area contributed by atoms with Gasteiger partial charge in [0.05, 0.1) is 12.8 Å². The van der Waals surface area contributed by atoms with Gasteiger partial charge in [-0.1, -0.05) is 40.2 Å². The van der Waals surface area contributed by atoms with Gasteiger partial charge in [0, 0.05) is 17.6 Å². The first-order valence-corrected chi connectivity index (χ1v) is 7.22. The second kappa shape index (κ2) is 5.25. The number of anilines is 1. The van der Waals surface area contributed by atoms with Crippen LogP contribution in [0.4, 0.5) is 5.69 Å². The molecule has 0 unspecified atom stereocenters. The second-order valence-electron chi connectivity index (χ2n) is 4.76. The highest BCUT2D eigenvalue weighted by Gasteiger charge is 2.18. The van der Waals surface area contributed by atoms with Crippen molar-refractivity contribution in [1.29, 1.82) is 0 Å². The lowest BCUT2D eigenvalue weighted by Crippen LogP contribution is -2.30. The van der Waals surface area contributed by atoms with Crippen LogP contribution in [0.25, 0.3) is 0 Å². The Morgan fingerprint density at radius 2 is 1.89 bits per heavy atom. The number of ether oxygens (including phenoxy) is 1. The molecule has 0 saturated heterocycles. The van der Waals surface area contributed by atoms with E-state index in [1.54, 1.807) is 7.11 Å². The zero-order valence-electron chi connectivity index (χ0n) is 10.9. The molecule has 98 valence electrons. The standard InChI is InChI=1S/C16H16BrNO/c1-19-16-10-14(17)6-7-15(16)18-9-8-12-4-2-3-5-13(12)11-18/h2-7,10H,8-9,11H2,1H3. The van der Waals surface area contributed by atoms with Crippen LogP contribution in [0.2, 0.25) is 0 Å². The van der Waals surface area contributed by atoms with Crippen molar-refractivity contribution in [3.63, 3.8) is 0 Å². The molecule has 0 aromatic heterocycles. The van der Waals surface area contributed by atoms with Gasteiger partial charge in [0.1, 0.15) is 5.75 Å². The van der Waals surface area contributed by atoms with Crippen molar-refractivity contribution in [3.05, 3.63) is 58.1 Å². The summed E-state index contributed by atoms with van der Waals surface area (Å²) in [6, 6.07) is 14.9. The fourth-order valence-corrected chi connectivity index (χ4v) is 2.95. The summed E-state index contributed by atoms with van der Waals surface area (Å²) in [5.74, 6) is 0.925. The number of hydrogen-bond acceptors (Lipinski definition) is 2. The molecule has 2 aromatic rings. The average molecular weight is 318 g/mol. The van der Waals surface area contributed by atoms with E-state index in [0.29, 0.717) is 0 Å². The summed E-state index contributed by atoms with van der Waals surface area (Å²) >= 11 is 3.49. The third kappa shape index (κ3) is 2.47. The van der Waals surface area contributed by atoms with Crippen LogP contribution in [0.3, 0.4) is 0 Å². The van der Waals surface area contributed by atoms with Gasteiger partial charge < -0.3 is 9.64 Å². The van der Waals surface area contributed by atoms with E-state index in [4.69, 9.17) is 4.74 Å². The number of rotatable bonds is 2. The number of halogens is 1. The number of hydrogen-bond donors (Lipinski definition) is 0. The fourth-order valence-electron chi connectivity index (χ4n) is 2.61. The monoisotopic (exact) mass is 317 g/mol. The molecule has 19 heavy (non-hydrogen) atoms. The Labute approximate surface area is 122 Å². The van der Waals surface area contributed by atoms with Crippen LogP contribution in [0, 0.1) is 0 Å². The van der Waals surface area contributed by atoms with E-state index in [1.165, 1.54) is 16.8 Å². The molecule has 0 bridgehead atoms. The minimum Gasteiger partial charge on any atom is -0.495 e. The highest BCUT2D eigenvalue weighted by molar-refractivity contribution is 9.10. The Bertz CT molecular complexity index is 597. The first-order chi connectivity index (χ1) is 9.28. The van der Waals surface area contributed by atoms with Crippen molar-refractivity contribution in [2.75, 3.05) is 18.6 Å². The van der Waals surface area contributed by atoms with E-state index in [2.05, 4.69) is 57.2 Å². The maximum Gasteiger partial charge on any atom is 0.143 e. The zero-order chi connectivity index (χ0) is 13.2. The van der Waals surface area contributed by atoms with Crippen molar-refractivity contribution in [2.24, 2.45) is 0 Å². The lowest BCUT2D eigenvalue weighted by atomic mass is 9.99. The summed E-state index contributed by atoms with van der Waals surface area (Å²) in [4.78, 5) is 2.38. The molecule has 0 fully saturated rings. The van der Waals surface area contributed by atoms with Gasteiger partial charge in [-0.2, -0.15) is 0 Å². The van der Waals surface area contributed by atoms with Crippen LogP contribution in [0.5, 0.6) is 5.75 Å². The Morgan fingerprint density at radius 1 is 1.11 bits per heavy atom. The van der Waals surface area contributed by atoms with Gasteiger partial charge in [-0.25, -0.2) is 0 Å². The molecule has 0 amide bonds. The van der Waals surface area contributed by atoms with E-state index in [-0.39, 0.29) is 0 Å². The quantitative estimate of drug-likeness (QED) is 0.829. The van der Waals surface area contributed by atoms with E-state index < -0.39 is 0 Å². The first-order valence-electron chi connectivity index (χ1n) is 6.43. The van der Waals surface area contributed by atoms with Gasteiger partial charge in [0.2, 0.25) is 0 Å². The molecule has 2 aromatic carbocycles. The highest BCUT2D eigenvalue weighted by atomic mass is 79.9. The Hall–Kier alpha value is -1.48. The van der Waals surface area contributed by atoms with Crippen molar-refractivity contribution >= 4 is 21.6 Å². The minimum atomic E-state index is 0.925. The van der Waals surface area contributed by atoms with Gasteiger partial charge in [-0.05, 0) is 35.7 Å². The fraction of sp³-hybridized carbons (Fsp3) is 0.250. The normalized spacial score (nSPS) is 14.1. The van der Waals surface area contributed by atoms with Crippen molar-refractivity contribution in [1.82, 2.24) is 0 Å². The van der Waals surface area contributed by atoms with E-state index in [9.17, 15) is 0 Å². The molecular formula is C16H16BrNO. The number of nitrogens with zero attached hydrogens (tertiary/aromatic N) is 1. The zero-order valence-corrected chi connectivity index (χ0v) is 12.5. The maximum absolute atomic E-state index is 5.50. The molecule has 3 rings (SSSR count). The summed E-state index contributed by atoms with van der Waals surface area (Å²) in [6.45, 7) is 1.99. The van der Waals surface area contributed by atoms with Crippen molar-refractivity contribution < 1.29 is 4.74 Å². The van der Waals surface area contributed by atoms with Crippen molar-refractivity contribution in [3.8, 4) is 5.75 Å².